The van der Waals surface area contributed by atoms with Crippen LogP contribution >= 0.6 is 0 Å². The molecule has 1 aromatic carbocycles. The Morgan fingerprint density at radius 1 is 1.24 bits per heavy atom. The van der Waals surface area contributed by atoms with E-state index in [4.69, 9.17) is 0 Å². The number of nitro benzene ring substituents is 1. The summed E-state index contributed by atoms with van der Waals surface area (Å²) in [5.74, 6) is 0. The second-order valence-corrected chi connectivity index (χ2v) is 3.89. The van der Waals surface area contributed by atoms with Crippen LogP contribution in [0.4, 0.5) is 5.69 Å². The van der Waals surface area contributed by atoms with Gasteiger partial charge in [-0.25, -0.2) is 0 Å². The van der Waals surface area contributed by atoms with Gasteiger partial charge in [-0.2, -0.15) is 0 Å². The third-order valence-corrected chi connectivity index (χ3v) is 2.51. The molecule has 0 bridgehead atoms. The van der Waals surface area contributed by atoms with Crippen LogP contribution in [0.15, 0.2) is 42.6 Å². The second kappa shape index (κ2) is 4.29. The number of hydrogen-bond donors (Lipinski definition) is 0. The van der Waals surface area contributed by atoms with E-state index in [2.05, 4.69) is 0 Å². The fourth-order valence-corrected chi connectivity index (χ4v) is 1.73. The summed E-state index contributed by atoms with van der Waals surface area (Å²) in [5, 5.41) is 12.6. The van der Waals surface area contributed by atoms with Gasteiger partial charge in [0.05, 0.1) is 10.6 Å². The fraction of sp³-hybridized carbons (Fsp3) is 0.167. The van der Waals surface area contributed by atoms with Gasteiger partial charge in [0.2, 0.25) is 0 Å². The molecule has 0 aliphatic rings. The summed E-state index contributed by atoms with van der Waals surface area (Å²) < 4.78 is 1.93. The maximum Gasteiger partial charge on any atom is 0.270 e. The highest BCUT2D eigenvalue weighted by molar-refractivity contribution is 5.63. The van der Waals surface area contributed by atoms with Gasteiger partial charge >= 0.3 is 0 Å². The molecule has 0 N–H and O–H groups in total. The summed E-state index contributed by atoms with van der Waals surface area (Å²) in [6.07, 6.45) is 1.91. The van der Waals surface area contributed by atoms with Crippen LogP contribution in [0.1, 0.15) is 0 Å². The van der Waals surface area contributed by atoms with Crippen molar-refractivity contribution >= 4 is 5.69 Å². The van der Waals surface area contributed by atoms with E-state index in [0.717, 1.165) is 11.3 Å². The molecule has 2 aromatic rings. The van der Waals surface area contributed by atoms with E-state index in [1.54, 1.807) is 12.1 Å². The van der Waals surface area contributed by atoms with Crippen molar-refractivity contribution in [1.82, 2.24) is 4.68 Å². The van der Waals surface area contributed by atoms with Crippen LogP contribution in [-0.4, -0.2) is 23.7 Å². The van der Waals surface area contributed by atoms with Crippen molar-refractivity contribution < 1.29 is 4.92 Å². The average Bonchev–Trinajstić information content (AvgIpc) is 2.78. The van der Waals surface area contributed by atoms with E-state index in [-0.39, 0.29) is 10.6 Å². The Morgan fingerprint density at radius 3 is 2.65 bits per heavy atom. The van der Waals surface area contributed by atoms with Gasteiger partial charge in [0.15, 0.2) is 0 Å². The van der Waals surface area contributed by atoms with Gasteiger partial charge in [-0.1, -0.05) is 12.1 Å². The number of rotatable bonds is 3. The first-order valence-electron chi connectivity index (χ1n) is 5.19. The van der Waals surface area contributed by atoms with Gasteiger partial charge < -0.3 is 5.01 Å². The molecule has 0 aliphatic heterocycles. The topological polar surface area (TPSA) is 51.3 Å². The Morgan fingerprint density at radius 2 is 2.00 bits per heavy atom. The number of benzene rings is 1. The summed E-state index contributed by atoms with van der Waals surface area (Å²) >= 11 is 0. The Kier molecular flexibility index (Phi) is 2.82. The molecule has 0 atom stereocenters. The van der Waals surface area contributed by atoms with Crippen LogP contribution in [0.3, 0.4) is 0 Å². The van der Waals surface area contributed by atoms with E-state index in [1.807, 2.05) is 48.2 Å². The Balaban J connectivity index is 2.49. The molecule has 88 valence electrons. The maximum absolute atomic E-state index is 10.7. The third kappa shape index (κ3) is 2.13. The zero-order chi connectivity index (χ0) is 12.4. The molecule has 0 radical (unpaired) electrons. The molecule has 0 aliphatic carbocycles. The zero-order valence-corrected chi connectivity index (χ0v) is 9.70. The molecule has 1 aromatic heterocycles. The largest absolute Gasteiger partial charge is 0.319 e. The van der Waals surface area contributed by atoms with Crippen molar-refractivity contribution in [2.75, 3.05) is 19.1 Å². The van der Waals surface area contributed by atoms with Crippen molar-refractivity contribution in [3.63, 3.8) is 0 Å². The fourth-order valence-electron chi connectivity index (χ4n) is 1.73. The molecule has 1 heterocycles. The van der Waals surface area contributed by atoms with Crippen LogP contribution in [0.25, 0.3) is 11.3 Å². The summed E-state index contributed by atoms with van der Waals surface area (Å²) in [6.45, 7) is 0. The first kappa shape index (κ1) is 11.2. The molecular formula is C12H13N3O2. The van der Waals surface area contributed by atoms with Gasteiger partial charge in [-0.05, 0) is 12.1 Å². The Hall–Kier alpha value is -2.30. The highest BCUT2D eigenvalue weighted by Crippen LogP contribution is 2.24. The van der Waals surface area contributed by atoms with Crippen LogP contribution in [0, 0.1) is 10.1 Å². The number of nitrogens with zero attached hydrogens (tertiary/aromatic N) is 3. The minimum Gasteiger partial charge on any atom is -0.319 e. The first-order valence-corrected chi connectivity index (χ1v) is 5.19. The molecular weight excluding hydrogens is 218 g/mol. The molecule has 2 rings (SSSR count). The molecule has 0 saturated carbocycles. The van der Waals surface area contributed by atoms with Crippen molar-refractivity contribution in [3.8, 4) is 11.3 Å². The van der Waals surface area contributed by atoms with E-state index in [0.29, 0.717) is 0 Å². The predicted octanol–water partition coefficient (Wildman–Crippen LogP) is 2.26. The number of aromatic nitrogens is 1. The highest BCUT2D eigenvalue weighted by Gasteiger charge is 2.10. The van der Waals surface area contributed by atoms with Crippen LogP contribution in [0.2, 0.25) is 0 Å². The monoisotopic (exact) mass is 231 g/mol. The molecule has 0 spiro atoms. The second-order valence-electron chi connectivity index (χ2n) is 3.89. The van der Waals surface area contributed by atoms with Gasteiger partial charge in [-0.3, -0.25) is 14.8 Å². The zero-order valence-electron chi connectivity index (χ0n) is 9.70. The van der Waals surface area contributed by atoms with Crippen LogP contribution in [-0.2, 0) is 0 Å². The predicted molar refractivity (Wildman–Crippen MR) is 66.6 cm³/mol. The summed E-state index contributed by atoms with van der Waals surface area (Å²) in [5.41, 5.74) is 1.87. The molecule has 0 fully saturated rings. The molecule has 5 nitrogen and oxygen atoms in total. The minimum atomic E-state index is -0.383. The average molecular weight is 231 g/mol. The quantitative estimate of drug-likeness (QED) is 0.601. The Labute approximate surface area is 99.0 Å². The lowest BCUT2D eigenvalue weighted by atomic mass is 10.1. The number of non-ortho nitro benzene ring substituents is 1. The highest BCUT2D eigenvalue weighted by atomic mass is 16.6. The van der Waals surface area contributed by atoms with E-state index < -0.39 is 0 Å². The van der Waals surface area contributed by atoms with Gasteiger partial charge in [0.1, 0.15) is 0 Å². The molecule has 0 saturated heterocycles. The lowest BCUT2D eigenvalue weighted by molar-refractivity contribution is -0.384. The van der Waals surface area contributed by atoms with E-state index >= 15 is 0 Å². The number of nitro groups is 1. The van der Waals surface area contributed by atoms with Crippen molar-refractivity contribution in [3.05, 3.63) is 52.7 Å². The summed E-state index contributed by atoms with van der Waals surface area (Å²) in [4.78, 5) is 10.3. The van der Waals surface area contributed by atoms with E-state index in [1.165, 1.54) is 6.07 Å². The standard InChI is InChI=1S/C12H13N3O2/c1-13(2)14-8-4-7-12(14)10-5-3-6-11(9-10)15(16)17/h3-9H,1-2H3. The number of hydrogen-bond acceptors (Lipinski definition) is 3. The SMILES string of the molecule is CN(C)n1cccc1-c1cccc([N+](=O)[O-])c1. The summed E-state index contributed by atoms with van der Waals surface area (Å²) in [7, 11) is 3.84. The maximum atomic E-state index is 10.7. The van der Waals surface area contributed by atoms with Crippen molar-refractivity contribution in [1.29, 1.82) is 0 Å². The van der Waals surface area contributed by atoms with Gasteiger partial charge in [0, 0.05) is 38.0 Å². The van der Waals surface area contributed by atoms with E-state index in [9.17, 15) is 10.1 Å². The molecule has 0 amide bonds. The molecule has 17 heavy (non-hydrogen) atoms. The van der Waals surface area contributed by atoms with Crippen LogP contribution in [0.5, 0.6) is 0 Å². The van der Waals surface area contributed by atoms with Crippen LogP contribution < -0.4 is 5.01 Å². The Bertz CT molecular complexity index is 546. The first-order chi connectivity index (χ1) is 8.09. The third-order valence-electron chi connectivity index (χ3n) is 2.51. The molecule has 5 heteroatoms. The summed E-state index contributed by atoms with van der Waals surface area (Å²) in [6, 6.07) is 10.5. The van der Waals surface area contributed by atoms with Gasteiger partial charge in [-0.15, -0.1) is 0 Å². The van der Waals surface area contributed by atoms with Gasteiger partial charge in [0.25, 0.3) is 5.69 Å². The normalized spacial score (nSPS) is 10.2. The lowest BCUT2D eigenvalue weighted by Crippen LogP contribution is -2.24. The smallest absolute Gasteiger partial charge is 0.270 e. The van der Waals surface area contributed by atoms with Crippen molar-refractivity contribution in [2.45, 2.75) is 0 Å². The van der Waals surface area contributed by atoms with Crippen molar-refractivity contribution in [2.24, 2.45) is 0 Å². The molecule has 0 unspecified atom stereocenters. The minimum absolute atomic E-state index is 0.106. The lowest BCUT2D eigenvalue weighted by Gasteiger charge is -2.18.